The number of aryl methyl sites for hydroxylation is 2. The zero-order chi connectivity index (χ0) is 24.6. The molecular formula is C28H39NO5. The number of nitrogens with zero attached hydrogens (tertiary/aromatic N) is 1. The summed E-state index contributed by atoms with van der Waals surface area (Å²) in [4.78, 5) is 4.74. The normalized spacial score (nSPS) is 11.5. The second kappa shape index (κ2) is 15.6. The van der Waals surface area contributed by atoms with E-state index in [1.165, 1.54) is 7.11 Å². The summed E-state index contributed by atoms with van der Waals surface area (Å²) < 4.78 is 23.4. The molecule has 2 rings (SSSR count). The fourth-order valence-corrected chi connectivity index (χ4v) is 3.41. The Morgan fingerprint density at radius 3 is 2.12 bits per heavy atom. The maximum absolute atomic E-state index is 6.06. The van der Waals surface area contributed by atoms with Crippen molar-refractivity contribution < 1.29 is 23.8 Å². The van der Waals surface area contributed by atoms with Gasteiger partial charge in [0.05, 0.1) is 18.9 Å². The SMILES string of the molecule is C/C=C/COc1cc(C)c(OCCCCCCOc2cccc(OC/C(C)=N/OC)c2)c(C)c1. The number of hydrogen-bond donors (Lipinski definition) is 0. The maximum Gasteiger partial charge on any atom is 0.129 e. The summed E-state index contributed by atoms with van der Waals surface area (Å²) >= 11 is 0. The summed E-state index contributed by atoms with van der Waals surface area (Å²) in [6, 6.07) is 11.7. The van der Waals surface area contributed by atoms with Crippen LogP contribution in [0.1, 0.15) is 50.7 Å². The molecular weight excluding hydrogens is 430 g/mol. The van der Waals surface area contributed by atoms with E-state index in [9.17, 15) is 0 Å². The lowest BCUT2D eigenvalue weighted by atomic mass is 10.1. The minimum atomic E-state index is 0.382. The molecule has 0 N–H and O–H groups in total. The summed E-state index contributed by atoms with van der Waals surface area (Å²) in [6.45, 7) is 10.3. The van der Waals surface area contributed by atoms with Gasteiger partial charge in [-0.05, 0) is 88.8 Å². The van der Waals surface area contributed by atoms with Gasteiger partial charge in [-0.15, -0.1) is 0 Å². The molecule has 0 radical (unpaired) electrons. The molecule has 0 bridgehead atoms. The van der Waals surface area contributed by atoms with Crippen molar-refractivity contribution in [2.75, 3.05) is 33.5 Å². The van der Waals surface area contributed by atoms with Crippen LogP contribution in [0.4, 0.5) is 0 Å². The number of unbranched alkanes of at least 4 members (excludes halogenated alkanes) is 3. The third kappa shape index (κ3) is 10.2. The fourth-order valence-electron chi connectivity index (χ4n) is 3.41. The molecule has 0 fully saturated rings. The standard InChI is InChI=1S/C28H39NO5/c1-6-7-15-32-27-18-22(2)28(23(3)19-27)33-17-11-9-8-10-16-31-25-13-12-14-26(20-25)34-21-24(4)29-30-5/h6-7,12-14,18-20H,8-11,15-17,21H2,1-5H3/b7-6+,29-24+. The van der Waals surface area contributed by atoms with Crippen LogP contribution >= 0.6 is 0 Å². The smallest absolute Gasteiger partial charge is 0.129 e. The molecule has 186 valence electrons. The summed E-state index contributed by atoms with van der Waals surface area (Å²) in [5.74, 6) is 3.41. The number of rotatable bonds is 16. The molecule has 0 aromatic heterocycles. The molecule has 6 nitrogen and oxygen atoms in total. The molecule has 0 spiro atoms. The van der Waals surface area contributed by atoms with E-state index in [-0.39, 0.29) is 0 Å². The number of ether oxygens (including phenoxy) is 4. The van der Waals surface area contributed by atoms with Crippen molar-refractivity contribution >= 4 is 5.71 Å². The van der Waals surface area contributed by atoms with Crippen molar-refractivity contribution in [3.8, 4) is 23.0 Å². The van der Waals surface area contributed by atoms with Crippen LogP contribution in [-0.4, -0.2) is 39.2 Å². The first-order valence-electron chi connectivity index (χ1n) is 11.9. The Balaban J connectivity index is 1.62. The van der Waals surface area contributed by atoms with Gasteiger partial charge in [0.2, 0.25) is 0 Å². The monoisotopic (exact) mass is 469 g/mol. The Morgan fingerprint density at radius 1 is 0.824 bits per heavy atom. The average molecular weight is 470 g/mol. The van der Waals surface area contributed by atoms with Crippen LogP contribution in [-0.2, 0) is 4.84 Å². The zero-order valence-electron chi connectivity index (χ0n) is 21.3. The topological polar surface area (TPSA) is 58.5 Å². The van der Waals surface area contributed by atoms with Gasteiger partial charge in [-0.2, -0.15) is 0 Å². The molecule has 34 heavy (non-hydrogen) atoms. The van der Waals surface area contributed by atoms with Crippen LogP contribution in [0.25, 0.3) is 0 Å². The molecule has 0 atom stereocenters. The molecule has 0 aliphatic heterocycles. The Labute approximate surface area is 204 Å². The van der Waals surface area contributed by atoms with Gasteiger partial charge in [0, 0.05) is 6.07 Å². The predicted molar refractivity (Wildman–Crippen MR) is 138 cm³/mol. The van der Waals surface area contributed by atoms with Crippen molar-refractivity contribution in [1.29, 1.82) is 0 Å². The quantitative estimate of drug-likeness (QED) is 0.119. The minimum absolute atomic E-state index is 0.382. The van der Waals surface area contributed by atoms with Gasteiger partial charge < -0.3 is 23.8 Å². The van der Waals surface area contributed by atoms with E-state index in [4.69, 9.17) is 23.8 Å². The highest BCUT2D eigenvalue weighted by Gasteiger charge is 2.07. The summed E-state index contributed by atoms with van der Waals surface area (Å²) in [5, 5.41) is 3.84. The molecule has 0 unspecified atom stereocenters. The summed E-state index contributed by atoms with van der Waals surface area (Å²) in [6.07, 6.45) is 8.20. The fraction of sp³-hybridized carbons (Fsp3) is 0.464. The van der Waals surface area contributed by atoms with Crippen molar-refractivity contribution in [2.45, 2.75) is 53.4 Å². The zero-order valence-corrected chi connectivity index (χ0v) is 21.3. The van der Waals surface area contributed by atoms with E-state index < -0.39 is 0 Å². The largest absolute Gasteiger partial charge is 0.493 e. The molecule has 0 amide bonds. The van der Waals surface area contributed by atoms with Crippen molar-refractivity contribution in [1.82, 2.24) is 0 Å². The third-order valence-corrected chi connectivity index (χ3v) is 5.07. The highest BCUT2D eigenvalue weighted by atomic mass is 16.6. The second-order valence-electron chi connectivity index (χ2n) is 8.15. The number of hydrogen-bond acceptors (Lipinski definition) is 6. The van der Waals surface area contributed by atoms with E-state index in [2.05, 4.69) is 19.0 Å². The van der Waals surface area contributed by atoms with Crippen LogP contribution in [0.15, 0.2) is 53.7 Å². The predicted octanol–water partition coefficient (Wildman–Crippen LogP) is 6.68. The second-order valence-corrected chi connectivity index (χ2v) is 8.15. The van der Waals surface area contributed by atoms with Gasteiger partial charge in [0.1, 0.15) is 43.3 Å². The molecule has 2 aromatic carbocycles. The third-order valence-electron chi connectivity index (χ3n) is 5.07. The molecule has 0 heterocycles. The van der Waals surface area contributed by atoms with Gasteiger partial charge >= 0.3 is 0 Å². The lowest BCUT2D eigenvalue weighted by Crippen LogP contribution is -2.08. The minimum Gasteiger partial charge on any atom is -0.493 e. The lowest BCUT2D eigenvalue weighted by molar-refractivity contribution is 0.209. The van der Waals surface area contributed by atoms with E-state index in [1.807, 2.05) is 62.4 Å². The number of oxime groups is 1. The van der Waals surface area contributed by atoms with Crippen LogP contribution in [0.5, 0.6) is 23.0 Å². The van der Waals surface area contributed by atoms with E-state index in [0.29, 0.717) is 26.4 Å². The Morgan fingerprint density at radius 2 is 1.47 bits per heavy atom. The van der Waals surface area contributed by atoms with E-state index in [0.717, 1.165) is 65.5 Å². The molecule has 6 heteroatoms. The number of allylic oxidation sites excluding steroid dienone is 1. The van der Waals surface area contributed by atoms with Gasteiger partial charge in [-0.3, -0.25) is 0 Å². The first-order valence-corrected chi connectivity index (χ1v) is 11.9. The van der Waals surface area contributed by atoms with Gasteiger partial charge in [-0.25, -0.2) is 0 Å². The Bertz CT molecular complexity index is 900. The molecule has 0 aliphatic carbocycles. The molecule has 2 aromatic rings. The summed E-state index contributed by atoms with van der Waals surface area (Å²) in [7, 11) is 1.52. The van der Waals surface area contributed by atoms with Crippen LogP contribution in [0, 0.1) is 13.8 Å². The Kier molecular flexibility index (Phi) is 12.5. The van der Waals surface area contributed by atoms with E-state index >= 15 is 0 Å². The average Bonchev–Trinajstić information content (AvgIpc) is 2.81. The first kappa shape index (κ1) is 27.1. The summed E-state index contributed by atoms with van der Waals surface area (Å²) in [5.41, 5.74) is 2.99. The Hall–Kier alpha value is -3.15. The highest BCUT2D eigenvalue weighted by Crippen LogP contribution is 2.28. The van der Waals surface area contributed by atoms with Crippen LogP contribution < -0.4 is 18.9 Å². The van der Waals surface area contributed by atoms with Gasteiger partial charge in [-0.1, -0.05) is 23.4 Å². The van der Waals surface area contributed by atoms with Gasteiger partial charge in [0.25, 0.3) is 0 Å². The molecule has 0 saturated heterocycles. The van der Waals surface area contributed by atoms with Crippen molar-refractivity contribution in [3.05, 3.63) is 59.7 Å². The first-order chi connectivity index (χ1) is 16.5. The highest BCUT2D eigenvalue weighted by molar-refractivity contribution is 5.82. The van der Waals surface area contributed by atoms with Crippen LogP contribution in [0.3, 0.4) is 0 Å². The maximum atomic E-state index is 6.06. The van der Waals surface area contributed by atoms with Crippen molar-refractivity contribution in [2.24, 2.45) is 5.16 Å². The van der Waals surface area contributed by atoms with Crippen molar-refractivity contribution in [3.63, 3.8) is 0 Å². The molecule has 0 saturated carbocycles. The van der Waals surface area contributed by atoms with Crippen LogP contribution in [0.2, 0.25) is 0 Å². The lowest BCUT2D eigenvalue weighted by Gasteiger charge is -2.14. The van der Waals surface area contributed by atoms with Gasteiger partial charge in [0.15, 0.2) is 0 Å². The molecule has 0 aliphatic rings. The number of benzene rings is 2. The van der Waals surface area contributed by atoms with E-state index in [1.54, 1.807) is 0 Å².